The van der Waals surface area contributed by atoms with Crippen molar-refractivity contribution in [1.82, 2.24) is 0 Å². The van der Waals surface area contributed by atoms with Gasteiger partial charge in [0.15, 0.2) is 0 Å². The molecule has 2 heteroatoms. The predicted octanol–water partition coefficient (Wildman–Crippen LogP) is 0.711. The van der Waals surface area contributed by atoms with Gasteiger partial charge in [-0.25, -0.2) is 0 Å². The van der Waals surface area contributed by atoms with Gasteiger partial charge in [-0.3, -0.25) is 0 Å². The summed E-state index contributed by atoms with van der Waals surface area (Å²) in [5.74, 6) is 0. The number of hydrogen-bond acceptors (Lipinski definition) is 2. The third-order valence-electron chi connectivity index (χ3n) is 1.48. The molecule has 1 aliphatic heterocycles. The highest BCUT2D eigenvalue weighted by molar-refractivity contribution is 4.98. The van der Waals surface area contributed by atoms with Crippen molar-refractivity contribution in [2.75, 3.05) is 0 Å². The largest absolute Gasteiger partial charge is 0.386 e. The molecule has 3 unspecified atom stereocenters. The minimum absolute atomic E-state index is 0.0567. The Labute approximate surface area is 55.1 Å². The minimum atomic E-state index is -0.398. The number of aliphatic hydroxyl groups excluding tert-OH is 1. The van der Waals surface area contributed by atoms with E-state index in [9.17, 15) is 0 Å². The predicted molar refractivity (Wildman–Crippen MR) is 35.2 cm³/mol. The van der Waals surface area contributed by atoms with Crippen molar-refractivity contribution < 1.29 is 9.84 Å². The summed E-state index contributed by atoms with van der Waals surface area (Å²) in [5, 5.41) is 9.15. The molecule has 0 aromatic rings. The summed E-state index contributed by atoms with van der Waals surface area (Å²) in [6.45, 7) is 3.84. The number of epoxide rings is 1. The standard InChI is InChI=1S/C7H12O2/c1-3-4-6(8)7-5(2)9-7/h3-8H,1-2H3/b4-3-. The highest BCUT2D eigenvalue weighted by atomic mass is 16.6. The van der Waals surface area contributed by atoms with Gasteiger partial charge in [0.2, 0.25) is 0 Å². The molecule has 52 valence electrons. The van der Waals surface area contributed by atoms with Crippen LogP contribution in [0.25, 0.3) is 0 Å². The molecule has 0 aromatic heterocycles. The average Bonchev–Trinajstić information content (AvgIpc) is 2.47. The van der Waals surface area contributed by atoms with E-state index in [1.165, 1.54) is 0 Å². The molecule has 1 aliphatic rings. The van der Waals surface area contributed by atoms with Crippen LogP contribution in [0.15, 0.2) is 12.2 Å². The summed E-state index contributed by atoms with van der Waals surface area (Å²) >= 11 is 0. The third kappa shape index (κ3) is 1.53. The molecular weight excluding hydrogens is 116 g/mol. The Bertz CT molecular complexity index is 120. The van der Waals surface area contributed by atoms with E-state index in [4.69, 9.17) is 9.84 Å². The minimum Gasteiger partial charge on any atom is -0.386 e. The summed E-state index contributed by atoms with van der Waals surface area (Å²) in [6.07, 6.45) is 3.48. The Hall–Kier alpha value is -0.340. The zero-order valence-electron chi connectivity index (χ0n) is 5.74. The van der Waals surface area contributed by atoms with Crippen LogP contribution in [-0.2, 0) is 4.74 Å². The first-order valence-corrected chi connectivity index (χ1v) is 3.22. The molecule has 1 fully saturated rings. The van der Waals surface area contributed by atoms with E-state index >= 15 is 0 Å². The van der Waals surface area contributed by atoms with Gasteiger partial charge in [-0.2, -0.15) is 0 Å². The summed E-state index contributed by atoms with van der Waals surface area (Å²) in [6, 6.07) is 0. The third-order valence-corrected chi connectivity index (χ3v) is 1.48. The summed E-state index contributed by atoms with van der Waals surface area (Å²) in [4.78, 5) is 0. The fraction of sp³-hybridized carbons (Fsp3) is 0.714. The van der Waals surface area contributed by atoms with Gasteiger partial charge in [0, 0.05) is 0 Å². The number of hydrogen-bond donors (Lipinski definition) is 1. The molecule has 0 saturated carbocycles. The van der Waals surface area contributed by atoms with Crippen molar-refractivity contribution in [2.45, 2.75) is 32.2 Å². The maximum atomic E-state index is 9.15. The molecule has 1 rings (SSSR count). The highest BCUT2D eigenvalue weighted by Crippen LogP contribution is 2.24. The number of allylic oxidation sites excluding steroid dienone is 1. The number of rotatable bonds is 2. The molecular formula is C7H12O2. The van der Waals surface area contributed by atoms with E-state index < -0.39 is 6.10 Å². The Morgan fingerprint density at radius 2 is 2.22 bits per heavy atom. The van der Waals surface area contributed by atoms with Gasteiger partial charge >= 0.3 is 0 Å². The van der Waals surface area contributed by atoms with E-state index in [2.05, 4.69) is 0 Å². The summed E-state index contributed by atoms with van der Waals surface area (Å²) < 4.78 is 5.03. The first-order valence-electron chi connectivity index (χ1n) is 3.22. The van der Waals surface area contributed by atoms with Crippen LogP contribution in [0.1, 0.15) is 13.8 Å². The normalized spacial score (nSPS) is 37.2. The van der Waals surface area contributed by atoms with Gasteiger partial charge in [0.05, 0.1) is 6.10 Å². The van der Waals surface area contributed by atoms with Crippen molar-refractivity contribution in [2.24, 2.45) is 0 Å². The van der Waals surface area contributed by atoms with Crippen LogP contribution in [0, 0.1) is 0 Å². The Balaban J connectivity index is 2.27. The van der Waals surface area contributed by atoms with Gasteiger partial charge in [-0.1, -0.05) is 12.2 Å². The SMILES string of the molecule is C/C=C\C(O)C1OC1C. The fourth-order valence-corrected chi connectivity index (χ4v) is 0.867. The van der Waals surface area contributed by atoms with Crippen molar-refractivity contribution in [1.29, 1.82) is 0 Å². The molecule has 1 heterocycles. The van der Waals surface area contributed by atoms with Crippen LogP contribution in [0.2, 0.25) is 0 Å². The van der Waals surface area contributed by atoms with E-state index in [1.54, 1.807) is 6.08 Å². The van der Waals surface area contributed by atoms with Gasteiger partial charge in [0.1, 0.15) is 12.2 Å². The maximum Gasteiger partial charge on any atom is 0.113 e. The molecule has 3 atom stereocenters. The molecule has 9 heavy (non-hydrogen) atoms. The van der Waals surface area contributed by atoms with Crippen LogP contribution >= 0.6 is 0 Å². The van der Waals surface area contributed by atoms with Crippen LogP contribution in [0.3, 0.4) is 0 Å². The Morgan fingerprint density at radius 3 is 2.56 bits per heavy atom. The molecule has 2 nitrogen and oxygen atoms in total. The van der Waals surface area contributed by atoms with Crippen LogP contribution < -0.4 is 0 Å². The molecule has 0 amide bonds. The van der Waals surface area contributed by atoms with Crippen LogP contribution in [-0.4, -0.2) is 23.4 Å². The van der Waals surface area contributed by atoms with E-state index in [-0.39, 0.29) is 12.2 Å². The van der Waals surface area contributed by atoms with Crippen LogP contribution in [0.5, 0.6) is 0 Å². The first-order chi connectivity index (χ1) is 4.25. The molecule has 0 radical (unpaired) electrons. The average molecular weight is 128 g/mol. The fourth-order valence-electron chi connectivity index (χ4n) is 0.867. The summed E-state index contributed by atoms with van der Waals surface area (Å²) in [7, 11) is 0. The molecule has 0 bridgehead atoms. The zero-order chi connectivity index (χ0) is 6.85. The van der Waals surface area contributed by atoms with Crippen molar-refractivity contribution in [3.8, 4) is 0 Å². The maximum absolute atomic E-state index is 9.15. The lowest BCUT2D eigenvalue weighted by atomic mass is 10.2. The number of aliphatic hydroxyl groups is 1. The molecule has 1 saturated heterocycles. The van der Waals surface area contributed by atoms with Crippen molar-refractivity contribution in [3.05, 3.63) is 12.2 Å². The second-order valence-electron chi connectivity index (χ2n) is 2.32. The van der Waals surface area contributed by atoms with E-state index in [0.717, 1.165) is 0 Å². The first kappa shape index (κ1) is 6.78. The van der Waals surface area contributed by atoms with E-state index in [0.29, 0.717) is 0 Å². The Kier molecular flexibility index (Phi) is 1.88. The number of ether oxygens (including phenoxy) is 1. The van der Waals surface area contributed by atoms with Crippen molar-refractivity contribution in [3.63, 3.8) is 0 Å². The van der Waals surface area contributed by atoms with Gasteiger partial charge in [-0.15, -0.1) is 0 Å². The monoisotopic (exact) mass is 128 g/mol. The van der Waals surface area contributed by atoms with Gasteiger partial charge in [0.25, 0.3) is 0 Å². The Morgan fingerprint density at radius 1 is 1.67 bits per heavy atom. The van der Waals surface area contributed by atoms with Gasteiger partial charge in [-0.05, 0) is 13.8 Å². The zero-order valence-corrected chi connectivity index (χ0v) is 5.74. The highest BCUT2D eigenvalue weighted by Gasteiger charge is 2.39. The topological polar surface area (TPSA) is 32.8 Å². The lowest BCUT2D eigenvalue weighted by Gasteiger charge is -1.96. The molecule has 1 N–H and O–H groups in total. The van der Waals surface area contributed by atoms with Crippen LogP contribution in [0.4, 0.5) is 0 Å². The lowest BCUT2D eigenvalue weighted by molar-refractivity contribution is 0.177. The van der Waals surface area contributed by atoms with Gasteiger partial charge < -0.3 is 9.84 Å². The smallest absolute Gasteiger partial charge is 0.113 e. The molecule has 0 aliphatic carbocycles. The summed E-state index contributed by atoms with van der Waals surface area (Å²) in [5.41, 5.74) is 0. The van der Waals surface area contributed by atoms with E-state index in [1.807, 2.05) is 19.9 Å². The molecule has 0 aromatic carbocycles. The van der Waals surface area contributed by atoms with Crippen molar-refractivity contribution >= 4 is 0 Å². The quantitative estimate of drug-likeness (QED) is 0.439. The lowest BCUT2D eigenvalue weighted by Crippen LogP contribution is -2.12. The second kappa shape index (κ2) is 2.50. The molecule has 0 spiro atoms. The second-order valence-corrected chi connectivity index (χ2v) is 2.32.